The van der Waals surface area contributed by atoms with Crippen molar-refractivity contribution >= 4 is 55.4 Å². The first-order chi connectivity index (χ1) is 14.6. The number of hydrogen-bond donors (Lipinski definition) is 1. The Morgan fingerprint density at radius 3 is 2.43 bits per heavy atom. The number of nitrogen functional groups attached to an aromatic ring is 1. The fourth-order valence-corrected chi connectivity index (χ4v) is 5.68. The minimum atomic E-state index is -3.90. The standard InChI is InChI=1S/C20H14N6O2S2/c21-19-18(30(27,28)16-6-3-11-29-16)17-20(25-15-5-2-1-4-14(15)24-17)26(19)23-12-13-7-9-22-10-8-13/h1-12H,21H2. The second-order valence-electron chi connectivity index (χ2n) is 6.37. The number of rotatable bonds is 4. The minimum absolute atomic E-state index is 0.0426. The molecule has 0 saturated heterocycles. The molecule has 30 heavy (non-hydrogen) atoms. The summed E-state index contributed by atoms with van der Waals surface area (Å²) >= 11 is 1.12. The first-order valence-electron chi connectivity index (χ1n) is 8.85. The summed E-state index contributed by atoms with van der Waals surface area (Å²) in [6.45, 7) is 0. The third-order valence-electron chi connectivity index (χ3n) is 4.49. The number of aromatic nitrogens is 4. The highest BCUT2D eigenvalue weighted by Crippen LogP contribution is 2.36. The largest absolute Gasteiger partial charge is 0.382 e. The van der Waals surface area contributed by atoms with Gasteiger partial charge in [-0.25, -0.2) is 18.4 Å². The van der Waals surface area contributed by atoms with Crippen LogP contribution in [0.4, 0.5) is 5.82 Å². The van der Waals surface area contributed by atoms with Crippen molar-refractivity contribution in [2.24, 2.45) is 5.10 Å². The normalized spacial score (nSPS) is 12.3. The van der Waals surface area contributed by atoms with Crippen LogP contribution in [0.25, 0.3) is 22.2 Å². The Kier molecular flexibility index (Phi) is 4.30. The number of thiophene rings is 1. The molecule has 0 amide bonds. The van der Waals surface area contributed by atoms with Crippen LogP contribution >= 0.6 is 11.3 Å². The van der Waals surface area contributed by atoms with Crippen LogP contribution < -0.4 is 5.73 Å². The molecule has 0 saturated carbocycles. The van der Waals surface area contributed by atoms with Gasteiger partial charge in [-0.3, -0.25) is 4.98 Å². The van der Waals surface area contributed by atoms with Crippen molar-refractivity contribution < 1.29 is 8.42 Å². The molecule has 5 rings (SSSR count). The summed E-state index contributed by atoms with van der Waals surface area (Å²) in [5, 5.41) is 6.10. The van der Waals surface area contributed by atoms with Crippen molar-refractivity contribution in [3.63, 3.8) is 0 Å². The molecule has 0 atom stereocenters. The van der Waals surface area contributed by atoms with E-state index < -0.39 is 9.84 Å². The molecule has 0 spiro atoms. The van der Waals surface area contributed by atoms with Gasteiger partial charge in [0, 0.05) is 12.4 Å². The van der Waals surface area contributed by atoms with Gasteiger partial charge in [0.1, 0.15) is 20.4 Å². The Labute approximate surface area is 175 Å². The van der Waals surface area contributed by atoms with E-state index in [1.165, 1.54) is 10.7 Å². The van der Waals surface area contributed by atoms with Crippen LogP contribution in [0, 0.1) is 0 Å². The van der Waals surface area contributed by atoms with Crippen LogP contribution in [0.3, 0.4) is 0 Å². The lowest BCUT2D eigenvalue weighted by Gasteiger charge is -2.02. The van der Waals surface area contributed by atoms with Gasteiger partial charge in [0.2, 0.25) is 9.84 Å². The third kappa shape index (κ3) is 2.93. The van der Waals surface area contributed by atoms with Crippen LogP contribution in [0.15, 0.2) is 80.5 Å². The summed E-state index contributed by atoms with van der Waals surface area (Å²) in [6, 6.07) is 14.0. The van der Waals surface area contributed by atoms with Gasteiger partial charge in [0.25, 0.3) is 0 Å². The van der Waals surface area contributed by atoms with E-state index in [0.717, 1.165) is 16.9 Å². The monoisotopic (exact) mass is 434 g/mol. The van der Waals surface area contributed by atoms with E-state index >= 15 is 0 Å². The Bertz CT molecular complexity index is 1510. The zero-order valence-corrected chi connectivity index (χ0v) is 17.0. The second kappa shape index (κ2) is 7.01. The van der Waals surface area contributed by atoms with Crippen molar-refractivity contribution in [1.29, 1.82) is 0 Å². The van der Waals surface area contributed by atoms with Gasteiger partial charge in [0.15, 0.2) is 5.65 Å². The molecule has 10 heteroatoms. The first-order valence-corrected chi connectivity index (χ1v) is 11.2. The molecule has 4 heterocycles. The summed E-state index contributed by atoms with van der Waals surface area (Å²) in [5.41, 5.74) is 8.74. The molecule has 4 aromatic heterocycles. The number of benzene rings is 1. The van der Waals surface area contributed by atoms with Crippen molar-refractivity contribution in [2.45, 2.75) is 9.10 Å². The van der Waals surface area contributed by atoms with Crippen molar-refractivity contribution in [3.8, 4) is 0 Å². The molecule has 0 bridgehead atoms. The maximum absolute atomic E-state index is 13.3. The Balaban J connectivity index is 1.83. The summed E-state index contributed by atoms with van der Waals surface area (Å²) in [6.07, 6.45) is 4.84. The summed E-state index contributed by atoms with van der Waals surface area (Å²) in [7, 11) is -3.90. The topological polar surface area (TPSA) is 116 Å². The maximum atomic E-state index is 13.3. The van der Waals surface area contributed by atoms with Crippen LogP contribution in [0.1, 0.15) is 5.56 Å². The molecule has 5 aromatic rings. The van der Waals surface area contributed by atoms with Gasteiger partial charge in [-0.05, 0) is 41.3 Å². The van der Waals surface area contributed by atoms with E-state index in [2.05, 4.69) is 20.1 Å². The predicted octanol–water partition coefficient (Wildman–Crippen LogP) is 3.34. The second-order valence-corrected chi connectivity index (χ2v) is 9.43. The third-order valence-corrected chi connectivity index (χ3v) is 7.70. The molecule has 0 aliphatic heterocycles. The number of pyridine rings is 1. The van der Waals surface area contributed by atoms with Gasteiger partial charge in [-0.15, -0.1) is 11.3 Å². The lowest BCUT2D eigenvalue weighted by Crippen LogP contribution is -2.05. The summed E-state index contributed by atoms with van der Waals surface area (Å²) in [5.74, 6) is -0.0426. The van der Waals surface area contributed by atoms with E-state index in [0.29, 0.717) is 11.0 Å². The van der Waals surface area contributed by atoms with Crippen molar-refractivity contribution in [1.82, 2.24) is 19.6 Å². The Morgan fingerprint density at radius 2 is 1.73 bits per heavy atom. The average molecular weight is 435 g/mol. The van der Waals surface area contributed by atoms with Crippen LogP contribution in [-0.2, 0) is 9.84 Å². The highest BCUT2D eigenvalue weighted by atomic mass is 32.2. The molecular formula is C20H14N6O2S2. The SMILES string of the molecule is Nc1c(S(=O)(=O)c2cccs2)c2nc3ccccc3nc2n1N=Cc1ccncc1. The fraction of sp³-hybridized carbons (Fsp3) is 0. The number of anilines is 1. The van der Waals surface area contributed by atoms with Gasteiger partial charge < -0.3 is 5.73 Å². The molecule has 2 N–H and O–H groups in total. The first kappa shape index (κ1) is 18.4. The highest BCUT2D eigenvalue weighted by Gasteiger charge is 2.31. The molecule has 0 fully saturated rings. The van der Waals surface area contributed by atoms with Crippen LogP contribution in [0.5, 0.6) is 0 Å². The fourth-order valence-electron chi connectivity index (χ4n) is 3.10. The van der Waals surface area contributed by atoms with E-state index in [1.54, 1.807) is 54.3 Å². The Morgan fingerprint density at radius 1 is 1.00 bits per heavy atom. The summed E-state index contributed by atoms with van der Waals surface area (Å²) < 4.78 is 28.2. The van der Waals surface area contributed by atoms with E-state index in [9.17, 15) is 8.42 Å². The lowest BCUT2D eigenvalue weighted by molar-refractivity contribution is 0.599. The van der Waals surface area contributed by atoms with Gasteiger partial charge in [-0.2, -0.15) is 9.78 Å². The van der Waals surface area contributed by atoms with Crippen LogP contribution in [0.2, 0.25) is 0 Å². The number of para-hydroxylation sites is 2. The summed E-state index contributed by atoms with van der Waals surface area (Å²) in [4.78, 5) is 13.0. The average Bonchev–Trinajstić information content (AvgIpc) is 3.38. The molecular weight excluding hydrogens is 420 g/mol. The van der Waals surface area contributed by atoms with Gasteiger partial charge in [0.05, 0.1) is 17.2 Å². The Hall–Kier alpha value is -3.63. The number of hydrogen-bond acceptors (Lipinski definition) is 8. The zero-order chi connectivity index (χ0) is 20.7. The molecule has 8 nitrogen and oxygen atoms in total. The maximum Gasteiger partial charge on any atom is 0.221 e. The molecule has 148 valence electrons. The quantitative estimate of drug-likeness (QED) is 0.434. The molecule has 1 aromatic carbocycles. The number of fused-ring (bicyclic) bond motifs is 2. The molecule has 0 aliphatic rings. The smallest absolute Gasteiger partial charge is 0.221 e. The van der Waals surface area contributed by atoms with E-state index in [4.69, 9.17) is 5.73 Å². The van der Waals surface area contributed by atoms with Crippen molar-refractivity contribution in [3.05, 3.63) is 71.9 Å². The van der Waals surface area contributed by atoms with E-state index in [-0.39, 0.29) is 26.1 Å². The van der Waals surface area contributed by atoms with E-state index in [1.807, 2.05) is 12.1 Å². The van der Waals surface area contributed by atoms with Crippen LogP contribution in [-0.4, -0.2) is 34.3 Å². The minimum Gasteiger partial charge on any atom is -0.382 e. The molecule has 0 radical (unpaired) electrons. The highest BCUT2D eigenvalue weighted by molar-refractivity contribution is 7.93. The predicted molar refractivity (Wildman–Crippen MR) is 116 cm³/mol. The molecule has 0 aliphatic carbocycles. The number of nitrogens with zero attached hydrogens (tertiary/aromatic N) is 5. The van der Waals surface area contributed by atoms with Gasteiger partial charge in [-0.1, -0.05) is 18.2 Å². The number of nitrogens with two attached hydrogens (primary N) is 1. The van der Waals surface area contributed by atoms with Crippen molar-refractivity contribution in [2.75, 3.05) is 5.73 Å². The lowest BCUT2D eigenvalue weighted by atomic mass is 10.3. The van der Waals surface area contributed by atoms with Gasteiger partial charge >= 0.3 is 0 Å². The molecule has 0 unspecified atom stereocenters. The zero-order valence-electron chi connectivity index (χ0n) is 15.4. The number of sulfone groups is 1.